The molecule has 0 bridgehead atoms. The van der Waals surface area contributed by atoms with E-state index in [-0.39, 0.29) is 32.5 Å². The smallest absolute Gasteiger partial charge is 0.417 e. The Kier molecular flexibility index (Phi) is 10.3. The van der Waals surface area contributed by atoms with Crippen LogP contribution in [0.1, 0.15) is 158 Å². The van der Waals surface area contributed by atoms with E-state index in [0.29, 0.717) is 0 Å². The summed E-state index contributed by atoms with van der Waals surface area (Å²) in [6.45, 7) is 41.0. The van der Waals surface area contributed by atoms with Crippen LogP contribution in [-0.2, 0) is 37.0 Å². The summed E-state index contributed by atoms with van der Waals surface area (Å²) in [5.74, 6) is 1.62. The van der Waals surface area contributed by atoms with Crippen molar-refractivity contribution in [2.24, 2.45) is 0 Å². The van der Waals surface area contributed by atoms with Gasteiger partial charge in [-0.05, 0) is 101 Å². The minimum absolute atomic E-state index is 0.0370. The Bertz CT molecular complexity index is 1700. The number of fused-ring (bicyclic) bond motifs is 2. The maximum absolute atomic E-state index is 6.86. The second-order valence-corrected chi connectivity index (χ2v) is 21.5. The van der Waals surface area contributed by atoms with Gasteiger partial charge in [-0.3, -0.25) is 4.52 Å². The highest BCUT2D eigenvalue weighted by Gasteiger charge is 2.31. The van der Waals surface area contributed by atoms with Crippen molar-refractivity contribution in [1.82, 2.24) is 0 Å². The first kappa shape index (κ1) is 39.2. The first-order valence-electron chi connectivity index (χ1n) is 18.0. The average molecular weight is 685 g/mol. The van der Waals surface area contributed by atoms with Gasteiger partial charge < -0.3 is 9.05 Å². The Balaban J connectivity index is 1.93. The van der Waals surface area contributed by atoms with Crippen LogP contribution >= 0.6 is 8.60 Å². The molecule has 0 aliphatic rings. The summed E-state index contributed by atoms with van der Waals surface area (Å²) < 4.78 is 19.8. The molecule has 4 heteroatoms. The van der Waals surface area contributed by atoms with Gasteiger partial charge in [-0.25, -0.2) is 0 Å². The molecule has 0 amide bonds. The quantitative estimate of drug-likeness (QED) is 0.196. The third kappa shape index (κ3) is 8.65. The van der Waals surface area contributed by atoms with Crippen molar-refractivity contribution in [3.63, 3.8) is 0 Å². The van der Waals surface area contributed by atoms with Gasteiger partial charge in [-0.15, -0.1) is 0 Å². The highest BCUT2D eigenvalue weighted by molar-refractivity contribution is 7.42. The van der Waals surface area contributed by atoms with Crippen molar-refractivity contribution in [2.45, 2.75) is 157 Å². The van der Waals surface area contributed by atoms with Crippen LogP contribution in [0.2, 0.25) is 0 Å². The zero-order valence-electron chi connectivity index (χ0n) is 34.3. The zero-order chi connectivity index (χ0) is 37.3. The maximum atomic E-state index is 6.86. The molecule has 4 aromatic rings. The van der Waals surface area contributed by atoms with Gasteiger partial charge in [-0.2, -0.15) is 0 Å². The molecule has 3 nitrogen and oxygen atoms in total. The molecular formula is C45H65O3P. The minimum Gasteiger partial charge on any atom is -0.417 e. The summed E-state index contributed by atoms with van der Waals surface area (Å²) in [5.41, 5.74) is 7.25. The first-order chi connectivity index (χ1) is 22.0. The molecule has 0 aliphatic heterocycles. The predicted octanol–water partition coefficient (Wildman–Crippen LogP) is 14.1. The van der Waals surface area contributed by atoms with E-state index < -0.39 is 8.60 Å². The lowest BCUT2D eigenvalue weighted by Gasteiger charge is -2.31. The SMILES string of the molecule is COP(Oc1cc2c(C(C)(C)C)cc(C(C)(C)C)cc2cc1C(C)(C)C)Oc1cc2c(C(C)(C)C)cc(C(C)(C)C)cc2cc1C(C)(C)C. The molecule has 0 unspecified atom stereocenters. The van der Waals surface area contributed by atoms with E-state index in [1.807, 2.05) is 0 Å². The molecule has 0 spiro atoms. The second kappa shape index (κ2) is 12.9. The predicted molar refractivity (Wildman–Crippen MR) is 215 cm³/mol. The summed E-state index contributed by atoms with van der Waals surface area (Å²) in [5, 5.41) is 4.90. The molecule has 49 heavy (non-hydrogen) atoms. The standard InChI is InChI=1S/C45H65O3P/c1-40(2,3)30-20-28-22-36(44(13,14)15)38(26-32(28)34(24-30)42(7,8)9)47-49(46-19)48-39-27-33-29(23-37(39)45(16,17)18)21-31(41(4,5)6)25-35(33)43(10,11)12/h20-27H,1-19H3. The Morgan fingerprint density at radius 1 is 0.367 bits per heavy atom. The van der Waals surface area contributed by atoms with Crippen LogP contribution in [0.25, 0.3) is 21.5 Å². The average Bonchev–Trinajstić information content (AvgIpc) is 2.91. The van der Waals surface area contributed by atoms with Crippen molar-refractivity contribution < 1.29 is 13.6 Å². The van der Waals surface area contributed by atoms with Gasteiger partial charge in [-0.1, -0.05) is 149 Å². The third-order valence-electron chi connectivity index (χ3n) is 9.56. The van der Waals surface area contributed by atoms with Crippen LogP contribution in [0.15, 0.2) is 48.5 Å². The molecule has 0 saturated heterocycles. The summed E-state index contributed by atoms with van der Waals surface area (Å²) in [7, 11) is -0.0853. The fourth-order valence-electron chi connectivity index (χ4n) is 6.47. The Morgan fingerprint density at radius 3 is 0.918 bits per heavy atom. The topological polar surface area (TPSA) is 27.7 Å². The summed E-state index contributed by atoms with van der Waals surface area (Å²) >= 11 is 0. The monoisotopic (exact) mass is 684 g/mol. The maximum Gasteiger partial charge on any atom is 0.462 e. The molecule has 0 saturated carbocycles. The molecular weight excluding hydrogens is 619 g/mol. The van der Waals surface area contributed by atoms with Crippen molar-refractivity contribution in [2.75, 3.05) is 7.11 Å². The van der Waals surface area contributed by atoms with Crippen LogP contribution in [-0.4, -0.2) is 7.11 Å². The normalized spacial score (nSPS) is 13.9. The molecule has 0 N–H and O–H groups in total. The summed E-state index contributed by atoms with van der Waals surface area (Å²) in [6.07, 6.45) is 0. The highest BCUT2D eigenvalue weighted by atomic mass is 31.2. The van der Waals surface area contributed by atoms with Gasteiger partial charge >= 0.3 is 8.60 Å². The molecule has 0 heterocycles. The van der Waals surface area contributed by atoms with E-state index >= 15 is 0 Å². The van der Waals surface area contributed by atoms with E-state index in [2.05, 4.69) is 173 Å². The molecule has 4 aromatic carbocycles. The highest BCUT2D eigenvalue weighted by Crippen LogP contribution is 2.50. The molecule has 0 atom stereocenters. The fraction of sp³-hybridized carbons (Fsp3) is 0.556. The molecule has 0 fully saturated rings. The Labute approximate surface area is 300 Å². The number of rotatable bonds is 5. The van der Waals surface area contributed by atoms with Gasteiger partial charge in [0.2, 0.25) is 0 Å². The van der Waals surface area contributed by atoms with Crippen molar-refractivity contribution in [3.05, 3.63) is 81.9 Å². The lowest BCUT2D eigenvalue weighted by Crippen LogP contribution is -2.18. The van der Waals surface area contributed by atoms with Gasteiger partial charge in [0.25, 0.3) is 0 Å². The van der Waals surface area contributed by atoms with E-state index in [9.17, 15) is 0 Å². The van der Waals surface area contributed by atoms with Gasteiger partial charge in [0.15, 0.2) is 0 Å². The Morgan fingerprint density at radius 2 is 0.673 bits per heavy atom. The van der Waals surface area contributed by atoms with Crippen LogP contribution in [0.3, 0.4) is 0 Å². The lowest BCUT2D eigenvalue weighted by atomic mass is 9.76. The summed E-state index contributed by atoms with van der Waals surface area (Å²) in [4.78, 5) is 0. The largest absolute Gasteiger partial charge is 0.462 e. The Hall–Kier alpha value is -2.61. The lowest BCUT2D eigenvalue weighted by molar-refractivity contribution is 0.318. The number of hydrogen-bond donors (Lipinski definition) is 0. The first-order valence-corrected chi connectivity index (χ1v) is 19.1. The minimum atomic E-state index is -1.77. The third-order valence-corrected chi connectivity index (χ3v) is 10.6. The molecule has 4 rings (SSSR count). The van der Waals surface area contributed by atoms with Crippen LogP contribution in [0.5, 0.6) is 11.5 Å². The van der Waals surface area contributed by atoms with Gasteiger partial charge in [0.05, 0.1) is 0 Å². The number of benzene rings is 4. The van der Waals surface area contributed by atoms with Crippen LogP contribution in [0, 0.1) is 0 Å². The van der Waals surface area contributed by atoms with E-state index in [1.54, 1.807) is 7.11 Å². The molecule has 0 aromatic heterocycles. The van der Waals surface area contributed by atoms with Crippen LogP contribution in [0.4, 0.5) is 0 Å². The molecule has 268 valence electrons. The molecule has 0 radical (unpaired) electrons. The number of hydrogen-bond acceptors (Lipinski definition) is 3. The van der Waals surface area contributed by atoms with Crippen molar-refractivity contribution >= 4 is 30.1 Å². The van der Waals surface area contributed by atoms with E-state index in [0.717, 1.165) is 22.6 Å². The molecule has 0 aliphatic carbocycles. The summed E-state index contributed by atoms with van der Waals surface area (Å²) in [6, 6.07) is 18.6. The van der Waals surface area contributed by atoms with Crippen molar-refractivity contribution in [3.8, 4) is 11.5 Å². The fourth-order valence-corrected chi connectivity index (χ4v) is 7.28. The van der Waals surface area contributed by atoms with E-state index in [4.69, 9.17) is 13.6 Å². The van der Waals surface area contributed by atoms with Gasteiger partial charge in [0.1, 0.15) is 11.5 Å². The zero-order valence-corrected chi connectivity index (χ0v) is 35.2. The van der Waals surface area contributed by atoms with Crippen LogP contribution < -0.4 is 9.05 Å². The van der Waals surface area contributed by atoms with E-state index in [1.165, 1.54) is 43.8 Å². The van der Waals surface area contributed by atoms with Gasteiger partial charge in [0, 0.05) is 18.2 Å². The second-order valence-electron chi connectivity index (χ2n) is 20.3. The van der Waals surface area contributed by atoms with Crippen molar-refractivity contribution in [1.29, 1.82) is 0 Å².